The summed E-state index contributed by atoms with van der Waals surface area (Å²) in [6.45, 7) is 3.20. The lowest BCUT2D eigenvalue weighted by molar-refractivity contribution is -0.116. The highest BCUT2D eigenvalue weighted by Crippen LogP contribution is 2.38. The van der Waals surface area contributed by atoms with Gasteiger partial charge in [-0.15, -0.1) is 0 Å². The van der Waals surface area contributed by atoms with Gasteiger partial charge in [-0.2, -0.15) is 0 Å². The van der Waals surface area contributed by atoms with Gasteiger partial charge < -0.3 is 15.0 Å². The van der Waals surface area contributed by atoms with E-state index in [4.69, 9.17) is 28.6 Å². The third-order valence-corrected chi connectivity index (χ3v) is 6.12. The molecule has 0 fully saturated rings. The molecule has 150 valence electrons. The predicted molar refractivity (Wildman–Crippen MR) is 119 cm³/mol. The first kappa shape index (κ1) is 19.9. The zero-order valence-electron chi connectivity index (χ0n) is 16.3. The van der Waals surface area contributed by atoms with E-state index in [9.17, 15) is 4.79 Å². The second kappa shape index (κ2) is 8.56. The highest BCUT2D eigenvalue weighted by Gasteiger charge is 2.36. The van der Waals surface area contributed by atoms with Crippen LogP contribution < -0.4 is 10.1 Å². The van der Waals surface area contributed by atoms with Crippen molar-refractivity contribution in [2.45, 2.75) is 38.8 Å². The van der Waals surface area contributed by atoms with Crippen molar-refractivity contribution in [3.8, 4) is 5.75 Å². The summed E-state index contributed by atoms with van der Waals surface area (Å²) in [6.07, 6.45) is 2.35. The zero-order chi connectivity index (χ0) is 20.4. The van der Waals surface area contributed by atoms with Crippen LogP contribution in [0.4, 0.5) is 0 Å². The minimum Gasteiger partial charge on any atom is -0.489 e. The first-order valence-corrected chi connectivity index (χ1v) is 10.7. The number of Topliss-reactive ketones (excluding diaryl/α,β-unsaturated/α-hetero) is 1. The van der Waals surface area contributed by atoms with E-state index < -0.39 is 0 Å². The second-order valence-corrected chi connectivity index (χ2v) is 8.01. The van der Waals surface area contributed by atoms with Gasteiger partial charge in [0.1, 0.15) is 12.4 Å². The molecule has 6 heteroatoms. The van der Waals surface area contributed by atoms with Crippen molar-refractivity contribution in [3.63, 3.8) is 0 Å². The van der Waals surface area contributed by atoms with Gasteiger partial charge in [-0.1, -0.05) is 41.9 Å². The summed E-state index contributed by atoms with van der Waals surface area (Å²) in [5, 5.41) is 4.74. The SMILES string of the molecule is CCN1C(=S)NC(c2cccc(OCc3ccccc3Cl)c2)C2=C1CCCC2=O. The summed E-state index contributed by atoms with van der Waals surface area (Å²) in [4.78, 5) is 14.9. The van der Waals surface area contributed by atoms with Crippen molar-refractivity contribution >= 4 is 34.7 Å². The Morgan fingerprint density at radius 2 is 2.03 bits per heavy atom. The Kier molecular flexibility index (Phi) is 5.88. The van der Waals surface area contributed by atoms with Gasteiger partial charge in [-0.05, 0) is 55.7 Å². The Labute approximate surface area is 181 Å². The molecule has 0 saturated heterocycles. The molecule has 0 saturated carbocycles. The van der Waals surface area contributed by atoms with Crippen LogP contribution in [-0.4, -0.2) is 22.3 Å². The van der Waals surface area contributed by atoms with E-state index in [1.54, 1.807) is 0 Å². The number of carbonyl (C=O) groups excluding carboxylic acids is 1. The van der Waals surface area contributed by atoms with E-state index in [0.29, 0.717) is 23.2 Å². The maximum Gasteiger partial charge on any atom is 0.173 e. The quantitative estimate of drug-likeness (QED) is 0.667. The number of carbonyl (C=O) groups is 1. The normalized spacial score (nSPS) is 19.1. The van der Waals surface area contributed by atoms with E-state index in [-0.39, 0.29) is 11.8 Å². The van der Waals surface area contributed by atoms with Crippen molar-refractivity contribution in [3.05, 3.63) is 76.0 Å². The van der Waals surface area contributed by atoms with Crippen LogP contribution in [0.5, 0.6) is 5.75 Å². The minimum absolute atomic E-state index is 0.201. The van der Waals surface area contributed by atoms with Crippen molar-refractivity contribution in [1.29, 1.82) is 0 Å². The van der Waals surface area contributed by atoms with Crippen LogP contribution in [0.1, 0.15) is 43.4 Å². The highest BCUT2D eigenvalue weighted by atomic mass is 35.5. The molecule has 2 aromatic rings. The summed E-state index contributed by atoms with van der Waals surface area (Å²) < 4.78 is 5.98. The molecule has 0 aromatic heterocycles. The van der Waals surface area contributed by atoms with E-state index in [2.05, 4.69) is 17.1 Å². The monoisotopic (exact) mass is 426 g/mol. The van der Waals surface area contributed by atoms with Crippen molar-refractivity contribution < 1.29 is 9.53 Å². The number of thiocarbonyl (C=S) groups is 1. The number of hydrogen-bond donors (Lipinski definition) is 1. The minimum atomic E-state index is -0.239. The van der Waals surface area contributed by atoms with Gasteiger partial charge in [0.15, 0.2) is 10.9 Å². The average molecular weight is 427 g/mol. The number of allylic oxidation sites excluding steroid dienone is 1. The number of nitrogens with one attached hydrogen (secondary N) is 1. The fraction of sp³-hybridized carbons (Fsp3) is 0.304. The number of nitrogens with zero attached hydrogens (tertiary/aromatic N) is 1. The Hall–Kier alpha value is -2.37. The average Bonchev–Trinajstić information content (AvgIpc) is 2.73. The standard InChI is InChI=1S/C23H23ClN2O2S/c1-2-26-19-11-6-12-20(27)21(19)22(25-23(26)29)15-8-5-9-17(13-15)28-14-16-7-3-4-10-18(16)24/h3-5,7-10,13,22H,2,6,11-12,14H2,1H3,(H,25,29). The summed E-state index contributed by atoms with van der Waals surface area (Å²) in [5.41, 5.74) is 3.82. The third-order valence-electron chi connectivity index (χ3n) is 5.42. The van der Waals surface area contributed by atoms with Gasteiger partial charge >= 0.3 is 0 Å². The molecule has 1 atom stereocenters. The van der Waals surface area contributed by atoms with Crippen LogP contribution in [0.3, 0.4) is 0 Å². The van der Waals surface area contributed by atoms with Crippen LogP contribution in [-0.2, 0) is 11.4 Å². The summed E-state index contributed by atoms with van der Waals surface area (Å²) in [6, 6.07) is 15.3. The highest BCUT2D eigenvalue weighted by molar-refractivity contribution is 7.80. The van der Waals surface area contributed by atoms with Crippen LogP contribution in [0.15, 0.2) is 59.8 Å². The Morgan fingerprint density at radius 1 is 1.21 bits per heavy atom. The van der Waals surface area contributed by atoms with Gasteiger partial charge in [-0.25, -0.2) is 0 Å². The molecule has 0 radical (unpaired) electrons. The number of benzene rings is 2. The lowest BCUT2D eigenvalue weighted by atomic mass is 9.85. The van der Waals surface area contributed by atoms with Gasteiger partial charge in [0.25, 0.3) is 0 Å². The van der Waals surface area contributed by atoms with Gasteiger partial charge in [0, 0.05) is 34.8 Å². The van der Waals surface area contributed by atoms with Crippen LogP contribution >= 0.6 is 23.8 Å². The second-order valence-electron chi connectivity index (χ2n) is 7.22. The molecule has 1 aliphatic heterocycles. The van der Waals surface area contributed by atoms with Gasteiger partial charge in [-0.3, -0.25) is 4.79 Å². The molecular weight excluding hydrogens is 404 g/mol. The molecule has 1 unspecified atom stereocenters. The van der Waals surface area contributed by atoms with Crippen LogP contribution in [0.25, 0.3) is 0 Å². The molecule has 0 bridgehead atoms. The molecule has 2 aliphatic rings. The van der Waals surface area contributed by atoms with Crippen molar-refractivity contribution in [2.24, 2.45) is 0 Å². The van der Waals surface area contributed by atoms with E-state index in [1.165, 1.54) is 0 Å². The number of ether oxygens (including phenoxy) is 1. The molecule has 4 nitrogen and oxygen atoms in total. The first-order chi connectivity index (χ1) is 14.1. The van der Waals surface area contributed by atoms with Crippen LogP contribution in [0.2, 0.25) is 5.02 Å². The maximum absolute atomic E-state index is 12.8. The van der Waals surface area contributed by atoms with E-state index in [1.807, 2.05) is 48.5 Å². The molecule has 1 N–H and O–H groups in total. The summed E-state index contributed by atoms with van der Waals surface area (Å²) in [5.74, 6) is 0.936. The Balaban J connectivity index is 1.62. The molecule has 0 spiro atoms. The molecular formula is C23H23ClN2O2S. The fourth-order valence-corrected chi connectivity index (χ4v) is 4.54. The summed E-state index contributed by atoms with van der Waals surface area (Å²) >= 11 is 11.8. The number of ketones is 1. The van der Waals surface area contributed by atoms with E-state index >= 15 is 0 Å². The Morgan fingerprint density at radius 3 is 2.83 bits per heavy atom. The molecule has 2 aromatic carbocycles. The fourth-order valence-electron chi connectivity index (χ4n) is 4.00. The number of rotatable bonds is 5. The zero-order valence-corrected chi connectivity index (χ0v) is 17.9. The molecule has 29 heavy (non-hydrogen) atoms. The Bertz CT molecular complexity index is 988. The molecule has 4 rings (SSSR count). The molecule has 1 aliphatic carbocycles. The van der Waals surface area contributed by atoms with Crippen molar-refractivity contribution in [2.75, 3.05) is 6.54 Å². The lowest BCUT2D eigenvalue weighted by Crippen LogP contribution is -2.49. The molecule has 0 amide bonds. The summed E-state index contributed by atoms with van der Waals surface area (Å²) in [7, 11) is 0. The number of halogens is 1. The third kappa shape index (κ3) is 4.02. The first-order valence-electron chi connectivity index (χ1n) is 9.89. The van der Waals surface area contributed by atoms with Gasteiger partial charge in [0.05, 0.1) is 6.04 Å². The lowest BCUT2D eigenvalue weighted by Gasteiger charge is -2.40. The molecule has 1 heterocycles. The van der Waals surface area contributed by atoms with Crippen LogP contribution in [0, 0.1) is 0 Å². The topological polar surface area (TPSA) is 41.6 Å². The maximum atomic E-state index is 12.8. The largest absolute Gasteiger partial charge is 0.489 e. The smallest absolute Gasteiger partial charge is 0.173 e. The predicted octanol–water partition coefficient (Wildman–Crippen LogP) is 5.18. The number of hydrogen-bond acceptors (Lipinski definition) is 3. The van der Waals surface area contributed by atoms with Gasteiger partial charge in [0.2, 0.25) is 0 Å². The van der Waals surface area contributed by atoms with Crippen molar-refractivity contribution in [1.82, 2.24) is 10.2 Å². The van der Waals surface area contributed by atoms with E-state index in [0.717, 1.165) is 47.5 Å².